The van der Waals surface area contributed by atoms with Gasteiger partial charge in [-0.15, -0.1) is 10.2 Å². The number of pyridine rings is 1. The zero-order valence-electron chi connectivity index (χ0n) is 17.7. The maximum atomic E-state index is 14.5. The molecule has 160 valence electrons. The summed E-state index contributed by atoms with van der Waals surface area (Å²) in [5.41, 5.74) is 5.01. The Morgan fingerprint density at radius 3 is 2.72 bits per heavy atom. The predicted molar refractivity (Wildman–Crippen MR) is 121 cm³/mol. The van der Waals surface area contributed by atoms with Crippen molar-refractivity contribution in [2.45, 2.75) is 13.3 Å². The second-order valence-electron chi connectivity index (χ2n) is 8.11. The molecule has 5 rings (SSSR count). The first kappa shape index (κ1) is 20.2. The highest BCUT2D eigenvalue weighted by Gasteiger charge is 2.21. The average molecular weight is 427 g/mol. The van der Waals surface area contributed by atoms with Gasteiger partial charge in [-0.25, -0.2) is 9.24 Å². The van der Waals surface area contributed by atoms with Crippen molar-refractivity contribution in [2.75, 3.05) is 19.7 Å². The van der Waals surface area contributed by atoms with E-state index in [4.69, 9.17) is 11.3 Å². The van der Waals surface area contributed by atoms with Crippen LogP contribution in [0, 0.1) is 25.2 Å². The maximum Gasteiger partial charge on any atom is 0.222 e. The summed E-state index contributed by atoms with van der Waals surface area (Å²) in [6, 6.07) is 14.7. The topological polar surface area (TPSA) is 55.8 Å². The highest BCUT2D eigenvalue weighted by molar-refractivity contribution is 5.85. The van der Waals surface area contributed by atoms with Gasteiger partial charge in [0.1, 0.15) is 12.1 Å². The molecule has 0 unspecified atom stereocenters. The molecule has 6 nitrogen and oxygen atoms in total. The number of aromatic nitrogens is 3. The van der Waals surface area contributed by atoms with Crippen molar-refractivity contribution in [1.29, 1.82) is 0 Å². The molecular formula is C25H22FN5O. The van der Waals surface area contributed by atoms with Crippen LogP contribution in [-0.4, -0.2) is 34.3 Å². The maximum absolute atomic E-state index is 14.5. The molecular weight excluding hydrogens is 405 g/mol. The molecule has 4 aromatic rings. The fourth-order valence-corrected chi connectivity index (χ4v) is 4.12. The molecule has 0 aliphatic carbocycles. The fraction of sp³-hybridized carbons (Fsp3) is 0.240. The molecule has 0 bridgehead atoms. The summed E-state index contributed by atoms with van der Waals surface area (Å²) in [6.07, 6.45) is 2.72. The van der Waals surface area contributed by atoms with Crippen LogP contribution in [0.5, 0.6) is 5.75 Å². The Balaban J connectivity index is 1.69. The van der Waals surface area contributed by atoms with Gasteiger partial charge in [0.05, 0.1) is 18.9 Å². The number of ether oxygens (including phenoxy) is 1. The highest BCUT2D eigenvalue weighted by atomic mass is 19.1. The molecule has 1 N–H and O–H groups in total. The lowest BCUT2D eigenvalue weighted by molar-refractivity contribution is 0.261. The van der Waals surface area contributed by atoms with Gasteiger partial charge in [-0.3, -0.25) is 4.40 Å². The van der Waals surface area contributed by atoms with Gasteiger partial charge >= 0.3 is 0 Å². The number of nitrogens with zero attached hydrogens (tertiary/aromatic N) is 4. The van der Waals surface area contributed by atoms with Crippen LogP contribution < -0.4 is 10.1 Å². The minimum Gasteiger partial charge on any atom is -0.489 e. The van der Waals surface area contributed by atoms with Crippen molar-refractivity contribution < 1.29 is 9.13 Å². The Bertz CT molecular complexity index is 1320. The number of hydrogen-bond donors (Lipinski definition) is 1. The summed E-state index contributed by atoms with van der Waals surface area (Å²) in [4.78, 5) is 3.25. The molecule has 1 aliphatic heterocycles. The monoisotopic (exact) mass is 427 g/mol. The van der Waals surface area contributed by atoms with Crippen molar-refractivity contribution in [3.63, 3.8) is 0 Å². The zero-order valence-corrected chi connectivity index (χ0v) is 17.7. The normalized spacial score (nSPS) is 15.7. The number of hydrogen-bond acceptors (Lipinski definition) is 4. The number of nitrogens with one attached hydrogen (secondary N) is 1. The number of halogens is 1. The van der Waals surface area contributed by atoms with Crippen molar-refractivity contribution in [2.24, 2.45) is 5.92 Å². The van der Waals surface area contributed by atoms with E-state index in [1.165, 1.54) is 12.1 Å². The Morgan fingerprint density at radius 1 is 1.19 bits per heavy atom. The summed E-state index contributed by atoms with van der Waals surface area (Å²) in [5, 5.41) is 11.8. The van der Waals surface area contributed by atoms with Crippen molar-refractivity contribution in [1.82, 2.24) is 19.9 Å². The first-order valence-electron chi connectivity index (χ1n) is 10.6. The van der Waals surface area contributed by atoms with Crippen LogP contribution >= 0.6 is 0 Å². The standard InChI is InChI=1S/C25H22FN5O/c1-16-3-5-18(6-4-16)24-20(19-7-8-22(27-2)21(26)11-19)12-23(25-30-29-15-31(24)25)32-14-17-9-10-28-13-17/h3-8,11-12,15,17,28H,9-10,13-14H2,1H3/t17-/m1/s1. The van der Waals surface area contributed by atoms with Crippen LogP contribution in [-0.2, 0) is 0 Å². The molecule has 0 amide bonds. The van der Waals surface area contributed by atoms with E-state index in [2.05, 4.69) is 20.4 Å². The molecule has 0 radical (unpaired) electrons. The van der Waals surface area contributed by atoms with Gasteiger partial charge in [-0.1, -0.05) is 42.0 Å². The number of aryl methyl sites for hydroxylation is 1. The molecule has 0 saturated carbocycles. The van der Waals surface area contributed by atoms with Crippen molar-refractivity contribution >= 4 is 11.3 Å². The molecule has 2 aromatic carbocycles. The van der Waals surface area contributed by atoms with Gasteiger partial charge in [0.25, 0.3) is 0 Å². The number of rotatable bonds is 5. The molecule has 2 aromatic heterocycles. The smallest absolute Gasteiger partial charge is 0.222 e. The Hall–Kier alpha value is -3.76. The second-order valence-corrected chi connectivity index (χ2v) is 8.11. The van der Waals surface area contributed by atoms with E-state index in [-0.39, 0.29) is 5.69 Å². The molecule has 1 fully saturated rings. The summed E-state index contributed by atoms with van der Waals surface area (Å²) in [5.74, 6) is 0.499. The van der Waals surface area contributed by atoms with Gasteiger partial charge in [-0.05, 0) is 43.1 Å². The lowest BCUT2D eigenvalue weighted by atomic mass is 9.97. The van der Waals surface area contributed by atoms with E-state index in [9.17, 15) is 4.39 Å². The minimum absolute atomic E-state index is 0.00113. The molecule has 1 aliphatic rings. The Kier molecular flexibility index (Phi) is 5.29. The largest absolute Gasteiger partial charge is 0.489 e. The lowest BCUT2D eigenvalue weighted by Gasteiger charge is -2.17. The molecule has 7 heteroatoms. The van der Waals surface area contributed by atoms with E-state index in [1.54, 1.807) is 12.4 Å². The third-order valence-corrected chi connectivity index (χ3v) is 5.88. The van der Waals surface area contributed by atoms with Gasteiger partial charge in [0, 0.05) is 18.0 Å². The fourth-order valence-electron chi connectivity index (χ4n) is 4.12. The number of benzene rings is 2. The predicted octanol–water partition coefficient (Wildman–Crippen LogP) is 5.05. The molecule has 1 saturated heterocycles. The Morgan fingerprint density at radius 2 is 2.00 bits per heavy atom. The summed E-state index contributed by atoms with van der Waals surface area (Å²) in [7, 11) is 0. The van der Waals surface area contributed by atoms with Crippen LogP contribution in [0.4, 0.5) is 10.1 Å². The van der Waals surface area contributed by atoms with Gasteiger partial charge in [0.2, 0.25) is 11.3 Å². The Labute approximate surface area is 185 Å². The van der Waals surface area contributed by atoms with E-state index in [1.807, 2.05) is 41.7 Å². The highest BCUT2D eigenvalue weighted by Crippen LogP contribution is 2.38. The van der Waals surface area contributed by atoms with Crippen LogP contribution in [0.15, 0.2) is 54.9 Å². The van der Waals surface area contributed by atoms with Crippen LogP contribution in [0.2, 0.25) is 0 Å². The molecule has 32 heavy (non-hydrogen) atoms. The van der Waals surface area contributed by atoms with Crippen molar-refractivity contribution in [3.8, 4) is 28.1 Å². The van der Waals surface area contributed by atoms with Gasteiger partial charge in [0.15, 0.2) is 5.75 Å². The van der Waals surface area contributed by atoms with E-state index in [0.717, 1.165) is 41.9 Å². The number of fused-ring (bicyclic) bond motifs is 1. The van der Waals surface area contributed by atoms with Gasteiger partial charge in [-0.2, -0.15) is 0 Å². The quantitative estimate of drug-likeness (QED) is 0.453. The third-order valence-electron chi connectivity index (χ3n) is 5.88. The molecule has 0 spiro atoms. The first-order valence-corrected chi connectivity index (χ1v) is 10.6. The summed E-state index contributed by atoms with van der Waals surface area (Å²) in [6.45, 7) is 11.7. The van der Waals surface area contributed by atoms with Crippen LogP contribution in [0.1, 0.15) is 12.0 Å². The SMILES string of the molecule is [C-]#[N+]c1ccc(-c2cc(OC[C@@H]3CCNC3)c3nncn3c2-c2ccc(C)cc2)cc1F. The van der Waals surface area contributed by atoms with Gasteiger partial charge < -0.3 is 10.1 Å². The summed E-state index contributed by atoms with van der Waals surface area (Å²) >= 11 is 0. The lowest BCUT2D eigenvalue weighted by Crippen LogP contribution is -2.16. The minimum atomic E-state index is -0.546. The third kappa shape index (κ3) is 3.70. The van der Waals surface area contributed by atoms with E-state index in [0.29, 0.717) is 29.5 Å². The zero-order chi connectivity index (χ0) is 22.1. The van der Waals surface area contributed by atoms with E-state index >= 15 is 0 Å². The van der Waals surface area contributed by atoms with Crippen LogP contribution in [0.25, 0.3) is 32.9 Å². The van der Waals surface area contributed by atoms with E-state index < -0.39 is 5.82 Å². The average Bonchev–Trinajstić information content (AvgIpc) is 3.50. The molecule has 1 atom stereocenters. The molecule has 3 heterocycles. The summed E-state index contributed by atoms with van der Waals surface area (Å²) < 4.78 is 22.6. The first-order chi connectivity index (χ1) is 15.6. The van der Waals surface area contributed by atoms with Crippen molar-refractivity contribution in [3.05, 3.63) is 77.7 Å². The second kappa shape index (κ2) is 8.40. The van der Waals surface area contributed by atoms with Crippen LogP contribution in [0.3, 0.4) is 0 Å².